The second kappa shape index (κ2) is 7.14. The molecular weight excluding hydrogens is 339 g/mol. The summed E-state index contributed by atoms with van der Waals surface area (Å²) in [5.41, 5.74) is 4.41. The molecule has 3 rings (SSSR count). The Morgan fingerprint density at radius 3 is 2.84 bits per heavy atom. The molecule has 0 atom stereocenters. The predicted octanol–water partition coefficient (Wildman–Crippen LogP) is 4.42. The van der Waals surface area contributed by atoms with Crippen LogP contribution in [0.5, 0.6) is 0 Å². The smallest absolute Gasteiger partial charge is 0.259 e. The number of amides is 1. The van der Waals surface area contributed by atoms with Crippen molar-refractivity contribution in [3.05, 3.63) is 52.7 Å². The van der Waals surface area contributed by atoms with Crippen molar-refractivity contribution in [1.29, 1.82) is 0 Å². The minimum Gasteiger partial charge on any atom is -0.348 e. The molecule has 0 radical (unpaired) electrons. The van der Waals surface area contributed by atoms with E-state index in [1.807, 2.05) is 5.38 Å². The van der Waals surface area contributed by atoms with E-state index in [2.05, 4.69) is 46.7 Å². The summed E-state index contributed by atoms with van der Waals surface area (Å²) in [6.45, 7) is 7.28. The molecule has 0 aliphatic rings. The molecule has 0 aromatic carbocycles. The van der Waals surface area contributed by atoms with Crippen LogP contribution in [0.15, 0.2) is 29.9 Å². The second-order valence-electron chi connectivity index (χ2n) is 5.82. The quantitative estimate of drug-likeness (QED) is 0.734. The zero-order chi connectivity index (χ0) is 18.0. The molecule has 0 saturated heterocycles. The van der Waals surface area contributed by atoms with E-state index in [1.165, 1.54) is 23.2 Å². The molecule has 0 bridgehead atoms. The van der Waals surface area contributed by atoms with Crippen LogP contribution < -0.4 is 5.32 Å². The second-order valence-corrected chi connectivity index (χ2v) is 6.68. The van der Waals surface area contributed by atoms with Crippen molar-refractivity contribution in [3.63, 3.8) is 0 Å². The molecule has 0 aliphatic carbocycles. The summed E-state index contributed by atoms with van der Waals surface area (Å²) in [4.78, 5) is 20.4. The van der Waals surface area contributed by atoms with Gasteiger partial charge in [-0.05, 0) is 32.4 Å². The summed E-state index contributed by atoms with van der Waals surface area (Å²) in [6, 6.07) is 3.26. The van der Waals surface area contributed by atoms with Gasteiger partial charge in [0.2, 0.25) is 0 Å². The summed E-state index contributed by atoms with van der Waals surface area (Å²) in [5.74, 6) is -0.972. The van der Waals surface area contributed by atoms with Gasteiger partial charge >= 0.3 is 0 Å². The van der Waals surface area contributed by atoms with Gasteiger partial charge in [0, 0.05) is 35.1 Å². The van der Waals surface area contributed by atoms with Gasteiger partial charge in [-0.3, -0.25) is 15.1 Å². The van der Waals surface area contributed by atoms with Gasteiger partial charge < -0.3 is 4.57 Å². The van der Waals surface area contributed by atoms with Crippen molar-refractivity contribution < 1.29 is 9.18 Å². The third-order valence-electron chi connectivity index (χ3n) is 3.99. The number of halogens is 1. The van der Waals surface area contributed by atoms with Crippen LogP contribution in [0.2, 0.25) is 0 Å². The monoisotopic (exact) mass is 358 g/mol. The van der Waals surface area contributed by atoms with Crippen LogP contribution in [0.4, 0.5) is 9.52 Å². The van der Waals surface area contributed by atoms with Gasteiger partial charge in [0.15, 0.2) is 5.13 Å². The normalized spacial score (nSPS) is 10.9. The Hall–Kier alpha value is -2.54. The number of rotatable bonds is 5. The number of hydrogen-bond acceptors (Lipinski definition) is 4. The highest BCUT2D eigenvalue weighted by atomic mass is 32.1. The molecule has 7 heteroatoms. The van der Waals surface area contributed by atoms with Crippen LogP contribution in [0.25, 0.3) is 11.3 Å². The lowest BCUT2D eigenvalue weighted by Gasteiger charge is -2.07. The molecule has 5 nitrogen and oxygen atoms in total. The van der Waals surface area contributed by atoms with Crippen LogP contribution in [-0.4, -0.2) is 20.4 Å². The third-order valence-corrected chi connectivity index (χ3v) is 4.75. The lowest BCUT2D eigenvalue weighted by molar-refractivity contribution is 0.102. The first-order valence-electron chi connectivity index (χ1n) is 8.04. The molecular formula is C18H19FN4OS. The molecule has 1 N–H and O–H groups in total. The van der Waals surface area contributed by atoms with Crippen molar-refractivity contribution in [2.24, 2.45) is 0 Å². The van der Waals surface area contributed by atoms with Crippen molar-refractivity contribution in [3.8, 4) is 11.3 Å². The third kappa shape index (κ3) is 3.61. The number of nitrogens with one attached hydrogen (secondary N) is 1. The maximum absolute atomic E-state index is 13.2. The Balaban J connectivity index is 1.81. The number of aromatic nitrogens is 3. The molecule has 0 saturated carbocycles. The van der Waals surface area contributed by atoms with Gasteiger partial charge in [-0.25, -0.2) is 9.37 Å². The lowest BCUT2D eigenvalue weighted by atomic mass is 10.2. The molecule has 25 heavy (non-hydrogen) atoms. The van der Waals surface area contributed by atoms with Crippen LogP contribution in [-0.2, 0) is 6.54 Å². The van der Waals surface area contributed by atoms with Crippen molar-refractivity contribution in [2.75, 3.05) is 5.32 Å². The van der Waals surface area contributed by atoms with Gasteiger partial charge in [-0.1, -0.05) is 6.92 Å². The van der Waals surface area contributed by atoms with Crippen molar-refractivity contribution in [1.82, 2.24) is 14.5 Å². The van der Waals surface area contributed by atoms with Crippen LogP contribution in [0.3, 0.4) is 0 Å². The lowest BCUT2D eigenvalue weighted by Crippen LogP contribution is -2.12. The van der Waals surface area contributed by atoms with Gasteiger partial charge in [-0.15, -0.1) is 11.3 Å². The number of anilines is 1. The Bertz CT molecular complexity index is 916. The summed E-state index contributed by atoms with van der Waals surface area (Å²) in [5, 5.41) is 5.09. The van der Waals surface area contributed by atoms with Crippen LogP contribution in [0, 0.1) is 19.7 Å². The summed E-state index contributed by atoms with van der Waals surface area (Å²) in [7, 11) is 0. The van der Waals surface area contributed by atoms with Crippen LogP contribution >= 0.6 is 11.3 Å². The molecule has 0 aliphatic heterocycles. The van der Waals surface area contributed by atoms with Gasteiger partial charge in [-0.2, -0.15) is 0 Å². The van der Waals surface area contributed by atoms with Gasteiger partial charge in [0.25, 0.3) is 5.91 Å². The highest BCUT2D eigenvalue weighted by molar-refractivity contribution is 7.14. The maximum Gasteiger partial charge on any atom is 0.259 e. The Labute approximate surface area is 149 Å². The number of aryl methyl sites for hydroxylation is 1. The fourth-order valence-corrected chi connectivity index (χ4v) is 3.49. The molecule has 3 aromatic rings. The van der Waals surface area contributed by atoms with E-state index < -0.39 is 11.7 Å². The molecule has 3 heterocycles. The zero-order valence-electron chi connectivity index (χ0n) is 14.3. The molecule has 0 spiro atoms. The van der Waals surface area contributed by atoms with Crippen molar-refractivity contribution in [2.45, 2.75) is 33.7 Å². The fraction of sp³-hybridized carbons (Fsp3) is 0.278. The number of hydrogen-bond donors (Lipinski definition) is 1. The van der Waals surface area contributed by atoms with Crippen LogP contribution in [0.1, 0.15) is 35.1 Å². The minimum absolute atomic E-state index is 0.165. The maximum atomic E-state index is 13.2. The van der Waals surface area contributed by atoms with Gasteiger partial charge in [0.05, 0.1) is 17.5 Å². The molecule has 0 unspecified atom stereocenters. The average molecular weight is 358 g/mol. The topological polar surface area (TPSA) is 59.8 Å². The highest BCUT2D eigenvalue weighted by Crippen LogP contribution is 2.30. The Morgan fingerprint density at radius 2 is 2.12 bits per heavy atom. The molecule has 130 valence electrons. The number of pyridine rings is 1. The summed E-state index contributed by atoms with van der Waals surface area (Å²) < 4.78 is 15.5. The Morgan fingerprint density at radius 1 is 1.32 bits per heavy atom. The number of nitrogens with zero attached hydrogens (tertiary/aromatic N) is 3. The average Bonchev–Trinajstić information content (AvgIpc) is 3.14. The van der Waals surface area contributed by atoms with Gasteiger partial charge in [0.1, 0.15) is 5.82 Å². The predicted molar refractivity (Wildman–Crippen MR) is 97.5 cm³/mol. The van der Waals surface area contributed by atoms with E-state index in [1.54, 1.807) is 0 Å². The van der Waals surface area contributed by atoms with Crippen molar-refractivity contribution >= 4 is 22.4 Å². The Kier molecular flexibility index (Phi) is 4.94. The first-order valence-corrected chi connectivity index (χ1v) is 8.92. The molecule has 0 fully saturated rings. The molecule has 1 amide bonds. The molecule has 3 aromatic heterocycles. The van der Waals surface area contributed by atoms with E-state index in [0.717, 1.165) is 42.2 Å². The van der Waals surface area contributed by atoms with E-state index in [0.29, 0.717) is 5.13 Å². The number of carbonyl (C=O) groups is 1. The fourth-order valence-electron chi connectivity index (χ4n) is 2.79. The standard InChI is InChI=1S/C18H19FN4OS/c1-4-5-23-11(2)6-15(12(23)3)16-10-25-18(21-16)22-17(24)13-7-14(19)9-20-8-13/h6-10H,4-5H2,1-3H3,(H,21,22,24). The first-order chi connectivity index (χ1) is 12.0. The van der Waals surface area contributed by atoms with E-state index in [-0.39, 0.29) is 5.56 Å². The van der Waals surface area contributed by atoms with E-state index in [4.69, 9.17) is 0 Å². The van der Waals surface area contributed by atoms with E-state index >= 15 is 0 Å². The van der Waals surface area contributed by atoms with E-state index in [9.17, 15) is 9.18 Å². The number of thiazole rings is 1. The zero-order valence-corrected chi connectivity index (χ0v) is 15.2. The number of carbonyl (C=O) groups excluding carboxylic acids is 1. The first kappa shape index (κ1) is 17.3. The summed E-state index contributed by atoms with van der Waals surface area (Å²) >= 11 is 1.34. The largest absolute Gasteiger partial charge is 0.348 e. The minimum atomic E-state index is -0.546. The highest BCUT2D eigenvalue weighted by Gasteiger charge is 2.15. The summed E-state index contributed by atoms with van der Waals surface area (Å²) in [6.07, 6.45) is 3.45. The SMILES string of the molecule is CCCn1c(C)cc(-c2csc(NC(=O)c3cncc(F)c3)n2)c1C.